The highest BCUT2D eigenvalue weighted by Crippen LogP contribution is 2.23. The molecule has 0 atom stereocenters. The second-order valence-corrected chi connectivity index (χ2v) is 7.94. The molecular formula is C26H40F3N3O9. The van der Waals surface area contributed by atoms with Gasteiger partial charge in [0.05, 0.1) is 92.3 Å². The Balaban J connectivity index is 1.88. The lowest BCUT2D eigenvalue weighted by atomic mass is 10.3. The molecule has 0 aromatic heterocycles. The number of nitrogens with one attached hydrogen (secondary N) is 2. The van der Waals surface area contributed by atoms with Crippen molar-refractivity contribution >= 4 is 5.97 Å². The van der Waals surface area contributed by atoms with Crippen molar-refractivity contribution in [2.24, 2.45) is 5.11 Å². The maximum absolute atomic E-state index is 13.5. The highest BCUT2D eigenvalue weighted by Gasteiger charge is 2.16. The molecule has 0 fully saturated rings. The molecule has 2 N–H and O–H groups in total. The van der Waals surface area contributed by atoms with E-state index in [2.05, 4.69) is 15.2 Å². The second-order valence-electron chi connectivity index (χ2n) is 7.94. The van der Waals surface area contributed by atoms with E-state index in [1.54, 1.807) is 6.20 Å². The van der Waals surface area contributed by atoms with Gasteiger partial charge >= 0.3 is 5.97 Å². The van der Waals surface area contributed by atoms with E-state index in [0.29, 0.717) is 90.4 Å². The van der Waals surface area contributed by atoms with Gasteiger partial charge in [0.2, 0.25) is 5.75 Å². The summed E-state index contributed by atoms with van der Waals surface area (Å²) in [4.78, 5) is 11.6. The van der Waals surface area contributed by atoms with Crippen LogP contribution < -0.4 is 10.1 Å². The van der Waals surface area contributed by atoms with Crippen LogP contribution in [-0.2, 0) is 38.0 Å². The third-order valence-electron chi connectivity index (χ3n) is 4.75. The van der Waals surface area contributed by atoms with Gasteiger partial charge < -0.3 is 43.2 Å². The van der Waals surface area contributed by atoms with Crippen molar-refractivity contribution in [2.45, 2.75) is 13.3 Å². The Morgan fingerprint density at radius 3 is 1.80 bits per heavy atom. The molecule has 0 aliphatic rings. The quantitative estimate of drug-likeness (QED) is 0.0675. The zero-order chi connectivity index (χ0) is 30.0. The number of benzene rings is 1. The van der Waals surface area contributed by atoms with Gasteiger partial charge in [-0.3, -0.25) is 4.79 Å². The maximum atomic E-state index is 13.5. The molecule has 1 aromatic carbocycles. The molecule has 0 saturated carbocycles. The van der Waals surface area contributed by atoms with Crippen LogP contribution in [-0.4, -0.2) is 105 Å². The fraction of sp³-hybridized carbons (Fsp3) is 0.654. The van der Waals surface area contributed by atoms with E-state index in [1.807, 2.05) is 6.92 Å². The average molecular weight is 596 g/mol. The topological polar surface area (TPSA) is 139 Å². The summed E-state index contributed by atoms with van der Waals surface area (Å²) in [6, 6.07) is 0.845. The standard InChI is InChI=1S/C26H40F3N3O9/c1-2-34-7-8-37-15-16-40-20-22(32-30)19-31-4-6-36-10-12-39-14-13-38-11-9-35-5-3-25(33)41-26-23(28)17-21(27)18-24(26)29/h17-19,30-31H,2-16,20H2,1H3/b22-19-,32-30?. The molecule has 1 aromatic rings. The van der Waals surface area contributed by atoms with Gasteiger partial charge in [-0.1, -0.05) is 0 Å². The Kier molecular flexibility index (Phi) is 22.2. The molecule has 1 rings (SSSR count). The van der Waals surface area contributed by atoms with Crippen molar-refractivity contribution in [1.82, 2.24) is 5.32 Å². The molecule has 41 heavy (non-hydrogen) atoms. The summed E-state index contributed by atoms with van der Waals surface area (Å²) in [5.41, 5.74) is 7.63. The van der Waals surface area contributed by atoms with E-state index in [1.165, 1.54) is 0 Å². The zero-order valence-electron chi connectivity index (χ0n) is 23.3. The molecule has 0 aliphatic carbocycles. The lowest BCUT2D eigenvalue weighted by Crippen LogP contribution is -2.18. The van der Waals surface area contributed by atoms with E-state index in [9.17, 15) is 18.0 Å². The summed E-state index contributed by atoms with van der Waals surface area (Å²) in [6.07, 6.45) is 1.36. The van der Waals surface area contributed by atoms with Gasteiger partial charge in [0, 0.05) is 31.5 Å². The minimum Gasteiger partial charge on any atom is -0.420 e. The molecule has 0 unspecified atom stereocenters. The maximum Gasteiger partial charge on any atom is 0.313 e. The first-order valence-electron chi connectivity index (χ1n) is 13.2. The van der Waals surface area contributed by atoms with Gasteiger partial charge in [-0.05, 0) is 6.92 Å². The predicted molar refractivity (Wildman–Crippen MR) is 139 cm³/mol. The van der Waals surface area contributed by atoms with Crippen LogP contribution in [0, 0.1) is 23.0 Å². The Labute approximate surface area is 237 Å². The molecule has 0 bridgehead atoms. The van der Waals surface area contributed by atoms with Gasteiger partial charge in [-0.2, -0.15) is 5.11 Å². The number of carbonyl (C=O) groups excluding carboxylic acids is 1. The van der Waals surface area contributed by atoms with Crippen LogP contribution in [0.25, 0.3) is 0 Å². The molecule has 12 nitrogen and oxygen atoms in total. The van der Waals surface area contributed by atoms with E-state index in [4.69, 9.17) is 38.7 Å². The summed E-state index contributed by atoms with van der Waals surface area (Å²) < 4.78 is 81.6. The fourth-order valence-electron chi connectivity index (χ4n) is 2.79. The van der Waals surface area contributed by atoms with Crippen LogP contribution in [0.15, 0.2) is 29.1 Å². The van der Waals surface area contributed by atoms with Crippen molar-refractivity contribution in [1.29, 1.82) is 5.53 Å². The molecule has 0 amide bonds. The molecule has 234 valence electrons. The van der Waals surface area contributed by atoms with Gasteiger partial charge in [-0.15, -0.1) is 0 Å². The lowest BCUT2D eigenvalue weighted by Gasteiger charge is -2.08. The van der Waals surface area contributed by atoms with Crippen LogP contribution in [0.5, 0.6) is 5.75 Å². The normalized spacial score (nSPS) is 11.6. The third kappa shape index (κ3) is 20.0. The Bertz CT molecular complexity index is 859. The largest absolute Gasteiger partial charge is 0.420 e. The van der Waals surface area contributed by atoms with Gasteiger partial charge in [-0.25, -0.2) is 18.7 Å². The molecule has 0 saturated heterocycles. The summed E-state index contributed by atoms with van der Waals surface area (Å²) in [5, 5.41) is 6.41. The highest BCUT2D eigenvalue weighted by molar-refractivity contribution is 5.72. The van der Waals surface area contributed by atoms with Crippen molar-refractivity contribution in [3.8, 4) is 5.75 Å². The van der Waals surface area contributed by atoms with Crippen LogP contribution >= 0.6 is 0 Å². The average Bonchev–Trinajstić information content (AvgIpc) is 2.94. The van der Waals surface area contributed by atoms with Crippen LogP contribution in [0.3, 0.4) is 0 Å². The number of halogens is 3. The number of esters is 1. The van der Waals surface area contributed by atoms with Crippen molar-refractivity contribution in [3.63, 3.8) is 0 Å². The van der Waals surface area contributed by atoms with Crippen molar-refractivity contribution in [2.75, 3.05) is 99.0 Å². The van der Waals surface area contributed by atoms with E-state index >= 15 is 0 Å². The van der Waals surface area contributed by atoms with E-state index < -0.39 is 29.2 Å². The minimum atomic E-state index is -1.30. The summed E-state index contributed by atoms with van der Waals surface area (Å²) in [5.74, 6) is -5.57. The molecular weight excluding hydrogens is 555 g/mol. The minimum absolute atomic E-state index is 0.0384. The van der Waals surface area contributed by atoms with E-state index in [-0.39, 0.29) is 32.8 Å². The first-order chi connectivity index (χ1) is 20.0. The number of ether oxygens (including phenoxy) is 8. The molecule has 0 aliphatic heterocycles. The first kappa shape index (κ1) is 36.4. The van der Waals surface area contributed by atoms with E-state index in [0.717, 1.165) is 0 Å². The van der Waals surface area contributed by atoms with Crippen molar-refractivity contribution in [3.05, 3.63) is 41.5 Å². The summed E-state index contributed by atoms with van der Waals surface area (Å²) in [6.45, 7) is 7.56. The van der Waals surface area contributed by atoms with Crippen LogP contribution in [0.2, 0.25) is 0 Å². The predicted octanol–water partition coefficient (Wildman–Crippen LogP) is 3.00. The first-order valence-corrected chi connectivity index (χ1v) is 13.2. The van der Waals surface area contributed by atoms with Crippen molar-refractivity contribution < 1.29 is 55.9 Å². The zero-order valence-corrected chi connectivity index (χ0v) is 23.3. The highest BCUT2D eigenvalue weighted by atomic mass is 19.1. The van der Waals surface area contributed by atoms with Gasteiger partial charge in [0.1, 0.15) is 11.5 Å². The Morgan fingerprint density at radius 2 is 1.27 bits per heavy atom. The van der Waals surface area contributed by atoms with Gasteiger partial charge in [0.25, 0.3) is 0 Å². The number of carbonyl (C=O) groups is 1. The van der Waals surface area contributed by atoms with Gasteiger partial charge in [0.15, 0.2) is 11.6 Å². The second kappa shape index (κ2) is 25.1. The number of hydrogen-bond acceptors (Lipinski definition) is 12. The summed E-state index contributed by atoms with van der Waals surface area (Å²) >= 11 is 0. The molecule has 0 radical (unpaired) electrons. The lowest BCUT2D eigenvalue weighted by molar-refractivity contribution is -0.136. The SMILES string of the molecule is CCOCCOCCOC/C(=C/NCCOCCOCCOCCOCCC(=O)Oc1c(F)cc(F)cc1F)N=N. The fourth-order valence-corrected chi connectivity index (χ4v) is 2.79. The Morgan fingerprint density at radius 1 is 0.780 bits per heavy atom. The summed E-state index contributed by atoms with van der Waals surface area (Å²) in [7, 11) is 0. The molecule has 0 heterocycles. The van der Waals surface area contributed by atoms with Crippen LogP contribution in [0.1, 0.15) is 13.3 Å². The number of nitrogens with zero attached hydrogens (tertiary/aromatic N) is 1. The van der Waals surface area contributed by atoms with Crippen LogP contribution in [0.4, 0.5) is 13.2 Å². The smallest absolute Gasteiger partial charge is 0.313 e. The molecule has 0 spiro atoms. The number of rotatable bonds is 27. The number of hydrogen-bond donors (Lipinski definition) is 2. The monoisotopic (exact) mass is 595 g/mol. The Hall–Kier alpha value is -2.66. The third-order valence-corrected chi connectivity index (χ3v) is 4.75. The molecule has 15 heteroatoms.